The molecule has 1 saturated carbocycles. The van der Waals surface area contributed by atoms with Gasteiger partial charge in [-0.1, -0.05) is 0 Å². The molecule has 1 aromatic carbocycles. The number of benzene rings is 1. The number of rotatable bonds is 5. The number of anilines is 1. The number of alkyl halides is 2. The van der Waals surface area contributed by atoms with Crippen LogP contribution in [0.3, 0.4) is 0 Å². The number of methoxy groups -OCH3 is 1. The van der Waals surface area contributed by atoms with Crippen LogP contribution in [0.25, 0.3) is 0 Å². The van der Waals surface area contributed by atoms with Gasteiger partial charge < -0.3 is 20.5 Å². The Kier molecular flexibility index (Phi) is 5.00. The maximum Gasteiger partial charge on any atom is 0.387 e. The highest BCUT2D eigenvalue weighted by atomic mass is 19.3. The van der Waals surface area contributed by atoms with E-state index < -0.39 is 6.61 Å². The van der Waals surface area contributed by atoms with Gasteiger partial charge in [-0.15, -0.1) is 0 Å². The maximum absolute atomic E-state index is 12.4. The zero-order valence-electron chi connectivity index (χ0n) is 11.4. The molecule has 2 atom stereocenters. The number of hydrogen-bond acceptors (Lipinski definition) is 4. The first-order valence-electron chi connectivity index (χ1n) is 6.73. The Balaban J connectivity index is 2.14. The van der Waals surface area contributed by atoms with E-state index in [1.54, 1.807) is 12.1 Å². The summed E-state index contributed by atoms with van der Waals surface area (Å²) in [7, 11) is 1.53. The van der Waals surface area contributed by atoms with Crippen molar-refractivity contribution >= 4 is 5.69 Å². The number of nitrogens with one attached hydrogen (secondary N) is 1. The third-order valence-electron chi connectivity index (χ3n) is 3.48. The molecular formula is C14H20F2N2O2. The summed E-state index contributed by atoms with van der Waals surface area (Å²) in [5.41, 5.74) is 6.46. The van der Waals surface area contributed by atoms with Crippen LogP contribution in [0.2, 0.25) is 0 Å². The van der Waals surface area contributed by atoms with E-state index in [9.17, 15) is 8.78 Å². The van der Waals surface area contributed by atoms with Crippen molar-refractivity contribution in [1.82, 2.24) is 0 Å². The number of halogens is 2. The van der Waals surface area contributed by atoms with Crippen molar-refractivity contribution in [3.8, 4) is 11.5 Å². The number of ether oxygens (including phenoxy) is 2. The van der Waals surface area contributed by atoms with Crippen LogP contribution in [-0.4, -0.2) is 25.8 Å². The fraction of sp³-hybridized carbons (Fsp3) is 0.571. The summed E-state index contributed by atoms with van der Waals surface area (Å²) in [6, 6.07) is 5.07. The first kappa shape index (κ1) is 14.8. The van der Waals surface area contributed by atoms with E-state index in [4.69, 9.17) is 10.5 Å². The van der Waals surface area contributed by atoms with E-state index in [0.717, 1.165) is 25.7 Å². The highest BCUT2D eigenvalue weighted by Crippen LogP contribution is 2.32. The van der Waals surface area contributed by atoms with Crippen molar-refractivity contribution in [3.63, 3.8) is 0 Å². The van der Waals surface area contributed by atoms with Crippen molar-refractivity contribution in [3.05, 3.63) is 18.2 Å². The molecule has 0 saturated heterocycles. The van der Waals surface area contributed by atoms with Crippen LogP contribution in [0.5, 0.6) is 11.5 Å². The molecule has 1 aliphatic carbocycles. The molecule has 1 fully saturated rings. The van der Waals surface area contributed by atoms with E-state index in [0.29, 0.717) is 11.4 Å². The Morgan fingerprint density at radius 3 is 2.80 bits per heavy atom. The van der Waals surface area contributed by atoms with Gasteiger partial charge in [0.2, 0.25) is 0 Å². The molecule has 0 radical (unpaired) electrons. The van der Waals surface area contributed by atoms with E-state index in [2.05, 4.69) is 10.1 Å². The lowest BCUT2D eigenvalue weighted by Gasteiger charge is -2.29. The predicted molar refractivity (Wildman–Crippen MR) is 73.5 cm³/mol. The normalized spacial score (nSPS) is 22.6. The van der Waals surface area contributed by atoms with Crippen molar-refractivity contribution in [2.75, 3.05) is 12.4 Å². The first-order chi connectivity index (χ1) is 9.58. The van der Waals surface area contributed by atoms with Gasteiger partial charge in [0.1, 0.15) is 11.5 Å². The molecule has 0 aromatic heterocycles. The van der Waals surface area contributed by atoms with E-state index in [-0.39, 0.29) is 17.8 Å². The standard InChI is InChI=1S/C14H20F2N2O2/c1-19-11-5-6-13(20-14(15)16)12(8-11)18-10-4-2-3-9(17)7-10/h5-6,8-10,14,18H,2-4,7,17H2,1H3. The van der Waals surface area contributed by atoms with Crippen LogP contribution in [0.1, 0.15) is 25.7 Å². The maximum atomic E-state index is 12.4. The molecule has 0 aliphatic heterocycles. The Morgan fingerprint density at radius 1 is 1.35 bits per heavy atom. The predicted octanol–water partition coefficient (Wildman–Crippen LogP) is 2.98. The second-order valence-electron chi connectivity index (χ2n) is 5.01. The monoisotopic (exact) mass is 286 g/mol. The Bertz CT molecular complexity index is 443. The zero-order valence-corrected chi connectivity index (χ0v) is 11.4. The molecule has 1 aromatic rings. The van der Waals surface area contributed by atoms with E-state index in [1.807, 2.05) is 0 Å². The zero-order chi connectivity index (χ0) is 14.5. The molecule has 0 amide bonds. The summed E-state index contributed by atoms with van der Waals surface area (Å²) < 4.78 is 34.5. The molecule has 2 rings (SSSR count). The van der Waals surface area contributed by atoms with Gasteiger partial charge >= 0.3 is 6.61 Å². The highest BCUT2D eigenvalue weighted by Gasteiger charge is 2.21. The van der Waals surface area contributed by atoms with Crippen molar-refractivity contribution in [1.29, 1.82) is 0 Å². The van der Waals surface area contributed by atoms with Gasteiger partial charge in [0.25, 0.3) is 0 Å². The molecule has 0 heterocycles. The van der Waals surface area contributed by atoms with E-state index >= 15 is 0 Å². The summed E-state index contributed by atoms with van der Waals surface area (Å²) >= 11 is 0. The second-order valence-corrected chi connectivity index (χ2v) is 5.01. The lowest BCUT2D eigenvalue weighted by Crippen LogP contribution is -2.35. The quantitative estimate of drug-likeness (QED) is 0.873. The molecule has 1 aliphatic rings. The summed E-state index contributed by atoms with van der Waals surface area (Å²) in [5, 5.41) is 3.24. The minimum atomic E-state index is -2.85. The summed E-state index contributed by atoms with van der Waals surface area (Å²) in [4.78, 5) is 0. The SMILES string of the molecule is COc1ccc(OC(F)F)c(NC2CCCC(N)C2)c1. The number of hydrogen-bond donors (Lipinski definition) is 2. The molecule has 6 heteroatoms. The fourth-order valence-corrected chi connectivity index (χ4v) is 2.53. The van der Waals surface area contributed by atoms with Gasteiger partial charge in [0.05, 0.1) is 12.8 Å². The van der Waals surface area contributed by atoms with Crippen LogP contribution in [0.15, 0.2) is 18.2 Å². The van der Waals surface area contributed by atoms with Crippen molar-refractivity contribution in [2.45, 2.75) is 44.4 Å². The minimum absolute atomic E-state index is 0.125. The van der Waals surface area contributed by atoms with Gasteiger partial charge in [-0.25, -0.2) is 0 Å². The molecular weight excluding hydrogens is 266 g/mol. The van der Waals surface area contributed by atoms with Crippen LogP contribution >= 0.6 is 0 Å². The molecule has 0 bridgehead atoms. The van der Waals surface area contributed by atoms with Crippen molar-refractivity contribution in [2.24, 2.45) is 5.73 Å². The summed E-state index contributed by atoms with van der Waals surface area (Å²) in [5.74, 6) is 0.717. The van der Waals surface area contributed by atoms with Gasteiger partial charge in [-0.2, -0.15) is 8.78 Å². The van der Waals surface area contributed by atoms with Crippen molar-refractivity contribution < 1.29 is 18.3 Å². The largest absolute Gasteiger partial charge is 0.497 e. The third-order valence-corrected chi connectivity index (χ3v) is 3.48. The van der Waals surface area contributed by atoms with Crippen LogP contribution in [0, 0.1) is 0 Å². The molecule has 2 unspecified atom stereocenters. The minimum Gasteiger partial charge on any atom is -0.497 e. The second kappa shape index (κ2) is 6.74. The van der Waals surface area contributed by atoms with Crippen LogP contribution < -0.4 is 20.5 Å². The molecule has 112 valence electrons. The molecule has 4 nitrogen and oxygen atoms in total. The van der Waals surface area contributed by atoms with Crippen LogP contribution in [0.4, 0.5) is 14.5 Å². The molecule has 0 spiro atoms. The average molecular weight is 286 g/mol. The van der Waals surface area contributed by atoms with Crippen LogP contribution in [-0.2, 0) is 0 Å². The average Bonchev–Trinajstić information content (AvgIpc) is 2.40. The van der Waals surface area contributed by atoms with Gasteiger partial charge in [-0.3, -0.25) is 0 Å². The van der Waals surface area contributed by atoms with E-state index in [1.165, 1.54) is 13.2 Å². The lowest BCUT2D eigenvalue weighted by atomic mass is 9.91. The Hall–Kier alpha value is -1.56. The van der Waals surface area contributed by atoms with Gasteiger partial charge in [0, 0.05) is 18.2 Å². The smallest absolute Gasteiger partial charge is 0.387 e. The summed E-state index contributed by atoms with van der Waals surface area (Å²) in [6.07, 6.45) is 3.84. The fourth-order valence-electron chi connectivity index (χ4n) is 2.53. The Morgan fingerprint density at radius 2 is 2.15 bits per heavy atom. The topological polar surface area (TPSA) is 56.5 Å². The highest BCUT2D eigenvalue weighted by molar-refractivity contribution is 5.60. The lowest BCUT2D eigenvalue weighted by molar-refractivity contribution is -0.0494. The number of nitrogens with two attached hydrogens (primary N) is 1. The first-order valence-corrected chi connectivity index (χ1v) is 6.73. The third kappa shape index (κ3) is 3.96. The summed E-state index contributed by atoms with van der Waals surface area (Å²) in [6.45, 7) is -2.85. The molecule has 20 heavy (non-hydrogen) atoms. The van der Waals surface area contributed by atoms with Gasteiger partial charge in [-0.05, 0) is 37.8 Å². The van der Waals surface area contributed by atoms with Gasteiger partial charge in [0.15, 0.2) is 0 Å². The Labute approximate surface area is 117 Å². The molecule has 3 N–H and O–H groups in total.